The third kappa shape index (κ3) is 2.54. The Morgan fingerprint density at radius 3 is 2.50 bits per heavy atom. The van der Waals surface area contributed by atoms with E-state index in [9.17, 15) is 17.2 Å². The quantitative estimate of drug-likeness (QED) is 0.878. The molecule has 0 aliphatic heterocycles. The van der Waals surface area contributed by atoms with Crippen molar-refractivity contribution >= 4 is 10.0 Å². The van der Waals surface area contributed by atoms with Crippen LogP contribution >= 0.6 is 0 Å². The predicted octanol–water partition coefficient (Wildman–Crippen LogP) is 1.17. The number of sulfonamides is 1. The monoisotopic (exact) mass is 273 g/mol. The van der Waals surface area contributed by atoms with Gasteiger partial charge in [-0.2, -0.15) is 0 Å². The molecule has 96 valence electrons. The van der Waals surface area contributed by atoms with Crippen LogP contribution in [0.25, 0.3) is 0 Å². The van der Waals surface area contributed by atoms with Gasteiger partial charge in [0.25, 0.3) is 0 Å². The number of hydrogen-bond donors (Lipinski definition) is 2. The number of rotatable bonds is 4. The molecule has 5 nitrogen and oxygen atoms in total. The Balaban J connectivity index is 2.26. The fraction of sp³-hybridized carbons (Fsp3) is 0.100. The first kappa shape index (κ1) is 12.7. The first-order valence-electron chi connectivity index (χ1n) is 4.92. The molecule has 1 aromatic heterocycles. The summed E-state index contributed by atoms with van der Waals surface area (Å²) in [4.78, 5) is 5.46. The van der Waals surface area contributed by atoms with Crippen molar-refractivity contribution in [1.82, 2.24) is 14.7 Å². The Morgan fingerprint density at radius 2 is 1.94 bits per heavy atom. The van der Waals surface area contributed by atoms with E-state index < -0.39 is 26.6 Å². The maximum Gasteiger partial charge on any atom is 0.246 e. The second-order valence-corrected chi connectivity index (χ2v) is 5.11. The van der Waals surface area contributed by atoms with Gasteiger partial charge in [-0.1, -0.05) is 6.07 Å². The number of hydrogen-bond acceptors (Lipinski definition) is 3. The summed E-state index contributed by atoms with van der Waals surface area (Å²) in [7, 11) is -4.26. The van der Waals surface area contributed by atoms with Crippen molar-refractivity contribution in [2.75, 3.05) is 0 Å². The van der Waals surface area contributed by atoms with Gasteiger partial charge in [-0.05, 0) is 12.1 Å². The molecular weight excluding hydrogens is 264 g/mol. The van der Waals surface area contributed by atoms with Crippen LogP contribution in [0.2, 0.25) is 0 Å². The smallest absolute Gasteiger partial charge is 0.246 e. The number of aromatic amines is 1. The summed E-state index contributed by atoms with van der Waals surface area (Å²) < 4.78 is 52.2. The molecule has 0 saturated carbocycles. The zero-order chi connectivity index (χ0) is 13.2. The van der Waals surface area contributed by atoms with E-state index in [-0.39, 0.29) is 6.54 Å². The molecule has 0 bridgehead atoms. The minimum absolute atomic E-state index is 0.177. The highest BCUT2D eigenvalue weighted by Gasteiger charge is 2.23. The van der Waals surface area contributed by atoms with Gasteiger partial charge in [-0.15, -0.1) is 0 Å². The molecule has 0 aliphatic rings. The first-order chi connectivity index (χ1) is 8.50. The van der Waals surface area contributed by atoms with E-state index in [0.717, 1.165) is 18.2 Å². The number of nitrogens with one attached hydrogen (secondary N) is 2. The minimum Gasteiger partial charge on any atom is -0.347 e. The van der Waals surface area contributed by atoms with Crippen molar-refractivity contribution in [1.29, 1.82) is 0 Å². The fourth-order valence-electron chi connectivity index (χ4n) is 1.37. The normalized spacial score (nSPS) is 11.7. The van der Waals surface area contributed by atoms with Crippen LogP contribution in [0.4, 0.5) is 8.78 Å². The first-order valence-corrected chi connectivity index (χ1v) is 6.41. The summed E-state index contributed by atoms with van der Waals surface area (Å²) in [5, 5.41) is 0. The SMILES string of the molecule is O=S(=O)(NCc1ncc[nH]1)c1c(F)cccc1F. The highest BCUT2D eigenvalue weighted by Crippen LogP contribution is 2.17. The predicted molar refractivity (Wildman–Crippen MR) is 59.0 cm³/mol. The molecule has 0 radical (unpaired) electrons. The number of halogens is 2. The lowest BCUT2D eigenvalue weighted by Crippen LogP contribution is -2.25. The van der Waals surface area contributed by atoms with E-state index in [1.807, 2.05) is 0 Å². The molecular formula is C10H9F2N3O2S. The lowest BCUT2D eigenvalue weighted by atomic mass is 10.3. The third-order valence-corrected chi connectivity index (χ3v) is 3.62. The lowest BCUT2D eigenvalue weighted by molar-refractivity contribution is 0.513. The molecule has 1 heterocycles. The van der Waals surface area contributed by atoms with Gasteiger partial charge in [0, 0.05) is 12.4 Å². The molecule has 2 rings (SSSR count). The number of H-pyrrole nitrogens is 1. The van der Waals surface area contributed by atoms with Gasteiger partial charge < -0.3 is 4.98 Å². The number of benzene rings is 1. The van der Waals surface area contributed by atoms with Gasteiger partial charge >= 0.3 is 0 Å². The van der Waals surface area contributed by atoms with E-state index in [1.165, 1.54) is 12.4 Å². The third-order valence-electron chi connectivity index (χ3n) is 2.17. The summed E-state index contributed by atoms with van der Waals surface area (Å²) >= 11 is 0. The zero-order valence-electron chi connectivity index (χ0n) is 9.02. The van der Waals surface area contributed by atoms with Crippen LogP contribution < -0.4 is 4.72 Å². The standard InChI is InChI=1S/C10H9F2N3O2S/c11-7-2-1-3-8(12)10(7)18(16,17)15-6-9-13-4-5-14-9/h1-5,15H,6H2,(H,13,14). The highest BCUT2D eigenvalue weighted by molar-refractivity contribution is 7.89. The summed E-state index contributed by atoms with van der Waals surface area (Å²) in [6, 6.07) is 2.85. The van der Waals surface area contributed by atoms with Gasteiger partial charge in [-0.3, -0.25) is 0 Å². The van der Waals surface area contributed by atoms with E-state index in [4.69, 9.17) is 0 Å². The molecule has 1 aromatic carbocycles. The van der Waals surface area contributed by atoms with Crippen LogP contribution in [-0.4, -0.2) is 18.4 Å². The molecule has 0 unspecified atom stereocenters. The van der Waals surface area contributed by atoms with Crippen LogP contribution in [0, 0.1) is 11.6 Å². The van der Waals surface area contributed by atoms with E-state index in [0.29, 0.717) is 5.82 Å². The van der Waals surface area contributed by atoms with Crippen LogP contribution in [0.5, 0.6) is 0 Å². The van der Waals surface area contributed by atoms with Crippen molar-refractivity contribution in [3.63, 3.8) is 0 Å². The van der Waals surface area contributed by atoms with E-state index in [2.05, 4.69) is 14.7 Å². The number of nitrogens with zero attached hydrogens (tertiary/aromatic N) is 1. The second kappa shape index (κ2) is 4.83. The van der Waals surface area contributed by atoms with Crippen LogP contribution in [0.3, 0.4) is 0 Å². The maximum atomic E-state index is 13.3. The van der Waals surface area contributed by atoms with E-state index >= 15 is 0 Å². The van der Waals surface area contributed by atoms with Crippen LogP contribution in [0.15, 0.2) is 35.5 Å². The summed E-state index contributed by atoms with van der Waals surface area (Å²) in [5.74, 6) is -1.93. The van der Waals surface area contributed by atoms with Gasteiger partial charge in [-0.25, -0.2) is 26.9 Å². The average Bonchev–Trinajstić information content (AvgIpc) is 2.78. The highest BCUT2D eigenvalue weighted by atomic mass is 32.2. The Kier molecular flexibility index (Phi) is 3.39. The summed E-state index contributed by atoms with van der Waals surface area (Å²) in [5.41, 5.74) is 0. The van der Waals surface area contributed by atoms with Crippen molar-refractivity contribution in [3.8, 4) is 0 Å². The topological polar surface area (TPSA) is 74.8 Å². The maximum absolute atomic E-state index is 13.3. The largest absolute Gasteiger partial charge is 0.347 e. The number of aromatic nitrogens is 2. The van der Waals surface area contributed by atoms with Crippen molar-refractivity contribution in [3.05, 3.63) is 48.1 Å². The molecule has 0 aliphatic carbocycles. The molecule has 0 fully saturated rings. The summed E-state index contributed by atoms with van der Waals surface area (Å²) in [6.07, 6.45) is 2.95. The van der Waals surface area contributed by atoms with Crippen molar-refractivity contribution in [2.45, 2.75) is 11.4 Å². The minimum atomic E-state index is -4.26. The molecule has 2 aromatic rings. The summed E-state index contributed by atoms with van der Waals surface area (Å²) in [6.45, 7) is -0.177. The lowest BCUT2D eigenvalue weighted by Gasteiger charge is -2.07. The molecule has 18 heavy (non-hydrogen) atoms. The van der Waals surface area contributed by atoms with Crippen molar-refractivity contribution < 1.29 is 17.2 Å². The number of imidazole rings is 1. The molecule has 0 amide bonds. The van der Waals surface area contributed by atoms with E-state index in [1.54, 1.807) is 0 Å². The molecule has 8 heteroatoms. The Bertz CT molecular complexity index is 621. The van der Waals surface area contributed by atoms with Crippen LogP contribution in [0.1, 0.15) is 5.82 Å². The Hall–Kier alpha value is -1.80. The Morgan fingerprint density at radius 1 is 1.28 bits per heavy atom. The van der Waals surface area contributed by atoms with Crippen LogP contribution in [-0.2, 0) is 16.6 Å². The Labute approximate surface area is 102 Å². The van der Waals surface area contributed by atoms with Gasteiger partial charge in [0.1, 0.15) is 17.5 Å². The molecule has 0 atom stereocenters. The van der Waals surface area contributed by atoms with Gasteiger partial charge in [0.05, 0.1) is 6.54 Å². The molecule has 0 spiro atoms. The molecule has 2 N–H and O–H groups in total. The second-order valence-electron chi connectivity index (χ2n) is 3.41. The van der Waals surface area contributed by atoms with Crippen molar-refractivity contribution in [2.24, 2.45) is 0 Å². The zero-order valence-corrected chi connectivity index (χ0v) is 9.84. The van der Waals surface area contributed by atoms with Gasteiger partial charge in [0.15, 0.2) is 4.90 Å². The molecule has 0 saturated heterocycles. The average molecular weight is 273 g/mol. The van der Waals surface area contributed by atoms with Gasteiger partial charge in [0.2, 0.25) is 10.0 Å². The fourth-order valence-corrected chi connectivity index (χ4v) is 2.49.